The SMILES string of the molecule is CCC[CH2][Sn]([CH2]CCC)([CH2]CCC)[CH](N=C(C)C)C(C)C. The monoisotopic (exact) mass is 403 g/mol. The number of nitrogens with zero attached hydrogens (tertiary/aromatic N) is 1. The summed E-state index contributed by atoms with van der Waals surface area (Å²) in [5.74, 6) is 0.737. The fraction of sp³-hybridized carbons (Fsp3) is 0.947. The second kappa shape index (κ2) is 12.0. The number of hydrogen-bond donors (Lipinski definition) is 0. The summed E-state index contributed by atoms with van der Waals surface area (Å²) in [6, 6.07) is 0. The van der Waals surface area contributed by atoms with Gasteiger partial charge in [0, 0.05) is 0 Å². The van der Waals surface area contributed by atoms with Gasteiger partial charge in [-0.1, -0.05) is 0 Å². The topological polar surface area (TPSA) is 12.4 Å². The normalized spacial score (nSPS) is 13.5. The molecule has 0 spiro atoms. The first-order valence-corrected chi connectivity index (χ1v) is 17.1. The molecule has 1 atom stereocenters. The number of rotatable bonds is 12. The van der Waals surface area contributed by atoms with E-state index in [2.05, 4.69) is 48.5 Å². The average molecular weight is 402 g/mol. The zero-order valence-electron chi connectivity index (χ0n) is 16.0. The minimum absolute atomic E-state index is 0.717. The Morgan fingerprint density at radius 1 is 0.810 bits per heavy atom. The van der Waals surface area contributed by atoms with Crippen LogP contribution >= 0.6 is 0 Å². The Balaban J connectivity index is 5.45. The maximum absolute atomic E-state index is 5.22. The van der Waals surface area contributed by atoms with Gasteiger partial charge in [0.15, 0.2) is 0 Å². The molecule has 1 nitrogen and oxygen atoms in total. The van der Waals surface area contributed by atoms with E-state index in [1.54, 1.807) is 13.3 Å². The van der Waals surface area contributed by atoms with Gasteiger partial charge < -0.3 is 0 Å². The van der Waals surface area contributed by atoms with E-state index in [0.717, 1.165) is 5.92 Å². The van der Waals surface area contributed by atoms with Gasteiger partial charge in [-0.05, 0) is 0 Å². The summed E-state index contributed by atoms with van der Waals surface area (Å²) < 4.78 is 5.44. The summed E-state index contributed by atoms with van der Waals surface area (Å²) in [4.78, 5) is 5.22. The Labute approximate surface area is 139 Å². The molecule has 0 aromatic heterocycles. The summed E-state index contributed by atoms with van der Waals surface area (Å²) >= 11 is -2.19. The molecule has 0 amide bonds. The predicted molar refractivity (Wildman–Crippen MR) is 102 cm³/mol. The third-order valence-corrected chi connectivity index (χ3v) is 22.1. The molecule has 0 aliphatic carbocycles. The van der Waals surface area contributed by atoms with Crippen LogP contribution in [0.25, 0.3) is 0 Å². The Bertz CT molecular complexity index is 258. The molecular weight excluding hydrogens is 361 g/mol. The summed E-state index contributed by atoms with van der Waals surface area (Å²) in [6.07, 6.45) is 8.42. The van der Waals surface area contributed by atoms with Crippen LogP contribution in [-0.2, 0) is 0 Å². The van der Waals surface area contributed by atoms with E-state index in [0.29, 0.717) is 4.06 Å². The van der Waals surface area contributed by atoms with Gasteiger partial charge in [-0.15, -0.1) is 0 Å². The van der Waals surface area contributed by atoms with E-state index >= 15 is 0 Å². The first-order valence-electron chi connectivity index (χ1n) is 9.44. The van der Waals surface area contributed by atoms with Crippen LogP contribution in [0.2, 0.25) is 13.3 Å². The molecule has 0 heterocycles. The van der Waals surface area contributed by atoms with Crippen LogP contribution < -0.4 is 0 Å². The molecule has 0 aliphatic heterocycles. The van der Waals surface area contributed by atoms with Gasteiger partial charge in [-0.25, -0.2) is 0 Å². The fourth-order valence-electron chi connectivity index (χ4n) is 3.68. The van der Waals surface area contributed by atoms with E-state index in [9.17, 15) is 0 Å². The molecule has 0 fully saturated rings. The van der Waals surface area contributed by atoms with Crippen molar-refractivity contribution < 1.29 is 0 Å². The molecule has 0 saturated carbocycles. The van der Waals surface area contributed by atoms with Gasteiger partial charge in [0.1, 0.15) is 0 Å². The molecule has 126 valence electrons. The zero-order chi connectivity index (χ0) is 16.3. The van der Waals surface area contributed by atoms with Gasteiger partial charge >= 0.3 is 139 Å². The van der Waals surface area contributed by atoms with Crippen molar-refractivity contribution >= 4 is 24.1 Å². The van der Waals surface area contributed by atoms with Crippen molar-refractivity contribution in [2.24, 2.45) is 10.9 Å². The molecule has 0 aromatic rings. The summed E-state index contributed by atoms with van der Waals surface area (Å²) in [7, 11) is 0. The Kier molecular flexibility index (Phi) is 12.2. The molecule has 0 rings (SSSR count). The first kappa shape index (κ1) is 21.5. The quantitative estimate of drug-likeness (QED) is 0.249. The van der Waals surface area contributed by atoms with Crippen LogP contribution in [-0.4, -0.2) is 28.1 Å². The molecule has 1 unspecified atom stereocenters. The first-order chi connectivity index (χ1) is 9.93. The van der Waals surface area contributed by atoms with E-state index < -0.39 is 18.4 Å². The van der Waals surface area contributed by atoms with Gasteiger partial charge in [0.05, 0.1) is 0 Å². The van der Waals surface area contributed by atoms with Crippen molar-refractivity contribution in [2.45, 2.75) is 104 Å². The third kappa shape index (κ3) is 8.04. The van der Waals surface area contributed by atoms with E-state index in [-0.39, 0.29) is 0 Å². The molecule has 0 aliphatic rings. The Hall–Kier alpha value is 0.469. The Morgan fingerprint density at radius 2 is 1.19 bits per heavy atom. The van der Waals surface area contributed by atoms with Crippen LogP contribution in [0.3, 0.4) is 0 Å². The standard InChI is InChI=1S/C7H14N.3C4H9.Sn/c1-6(2)5-8-7(3)4;3*1-3-4-2;/h5-6H,1-4H3;3*1,3-4H2,2H3;. The van der Waals surface area contributed by atoms with Crippen molar-refractivity contribution in [1.82, 2.24) is 0 Å². The van der Waals surface area contributed by atoms with Gasteiger partial charge in [0.2, 0.25) is 0 Å². The van der Waals surface area contributed by atoms with Crippen molar-refractivity contribution in [3.8, 4) is 0 Å². The number of hydrogen-bond acceptors (Lipinski definition) is 1. The van der Waals surface area contributed by atoms with Gasteiger partial charge in [-0.2, -0.15) is 0 Å². The van der Waals surface area contributed by atoms with Crippen LogP contribution in [0.4, 0.5) is 0 Å². The van der Waals surface area contributed by atoms with Crippen molar-refractivity contribution in [3.05, 3.63) is 0 Å². The average Bonchev–Trinajstić information content (AvgIpc) is 2.44. The molecule has 2 heteroatoms. The van der Waals surface area contributed by atoms with Crippen LogP contribution in [0.1, 0.15) is 87.0 Å². The van der Waals surface area contributed by atoms with Crippen LogP contribution in [0, 0.1) is 5.92 Å². The Morgan fingerprint density at radius 3 is 1.43 bits per heavy atom. The molecule has 0 aromatic carbocycles. The minimum atomic E-state index is -2.19. The fourth-order valence-corrected chi connectivity index (χ4v) is 23.0. The molecule has 0 saturated heterocycles. The van der Waals surface area contributed by atoms with Crippen molar-refractivity contribution in [1.29, 1.82) is 0 Å². The number of aliphatic imine (C=N–C) groups is 1. The van der Waals surface area contributed by atoms with Crippen LogP contribution in [0.15, 0.2) is 4.99 Å². The predicted octanol–water partition coefficient (Wildman–Crippen LogP) is 6.88. The van der Waals surface area contributed by atoms with Gasteiger partial charge in [0.25, 0.3) is 0 Å². The van der Waals surface area contributed by atoms with Gasteiger partial charge in [-0.3, -0.25) is 0 Å². The number of unbranched alkanes of at least 4 members (excludes halogenated alkanes) is 3. The van der Waals surface area contributed by atoms with Crippen LogP contribution in [0.5, 0.6) is 0 Å². The molecule has 0 radical (unpaired) electrons. The molecular formula is C19H41NSn. The van der Waals surface area contributed by atoms with Crippen molar-refractivity contribution in [3.63, 3.8) is 0 Å². The van der Waals surface area contributed by atoms with E-state index in [1.807, 2.05) is 0 Å². The third-order valence-electron chi connectivity index (χ3n) is 4.74. The molecule has 0 N–H and O–H groups in total. The maximum atomic E-state index is 5.22. The summed E-state index contributed by atoms with van der Waals surface area (Å²) in [6.45, 7) is 16.3. The molecule has 21 heavy (non-hydrogen) atoms. The van der Waals surface area contributed by atoms with E-state index in [4.69, 9.17) is 4.99 Å². The zero-order valence-corrected chi connectivity index (χ0v) is 18.8. The van der Waals surface area contributed by atoms with E-state index in [1.165, 1.54) is 44.2 Å². The molecule has 0 bridgehead atoms. The second-order valence-electron chi connectivity index (χ2n) is 7.44. The second-order valence-corrected chi connectivity index (χ2v) is 21.2. The summed E-state index contributed by atoms with van der Waals surface area (Å²) in [5.41, 5.74) is 1.30. The summed E-state index contributed by atoms with van der Waals surface area (Å²) in [5, 5.41) is 0. The van der Waals surface area contributed by atoms with Crippen molar-refractivity contribution in [2.75, 3.05) is 0 Å².